The van der Waals surface area contributed by atoms with Gasteiger partial charge in [-0.3, -0.25) is 4.65 Å². The van der Waals surface area contributed by atoms with E-state index >= 15 is 0 Å². The minimum Gasteiger partial charge on any atom is -0.622 e. The second-order valence-corrected chi connectivity index (χ2v) is 10.1. The molecule has 8 nitrogen and oxygen atoms in total. The molecule has 2 atom stereocenters. The summed E-state index contributed by atoms with van der Waals surface area (Å²) in [5.41, 5.74) is 0. The average Bonchev–Trinajstić information content (AvgIpc) is 3.37. The van der Waals surface area contributed by atoms with Crippen molar-refractivity contribution >= 4 is 38.4 Å². The number of rotatable bonds is 12. The summed E-state index contributed by atoms with van der Waals surface area (Å²) in [7, 11) is 0. The van der Waals surface area contributed by atoms with Gasteiger partial charge in [-0.1, -0.05) is 19.4 Å². The Morgan fingerprint density at radius 1 is 1.39 bits per heavy atom. The van der Waals surface area contributed by atoms with Crippen LogP contribution in [0.4, 0.5) is 5.13 Å². The molecule has 0 N–H and O–H groups in total. The molecule has 1 aromatic heterocycles. The number of aromatic nitrogens is 1. The summed E-state index contributed by atoms with van der Waals surface area (Å²) in [5.74, 6) is 3.16. The SMILES string of the molecule is C#CCCCN1CC(OC(=O)COc2cccc(OCCCC)c2)[N+]([O-])(c2ncc(Br)s2)C1. The summed E-state index contributed by atoms with van der Waals surface area (Å²) in [6.07, 6.45) is 9.37. The van der Waals surface area contributed by atoms with Crippen molar-refractivity contribution in [3.8, 4) is 23.8 Å². The first kappa shape index (κ1) is 25.5. The van der Waals surface area contributed by atoms with Gasteiger partial charge in [-0.05, 0) is 52.2 Å². The van der Waals surface area contributed by atoms with Crippen molar-refractivity contribution in [1.82, 2.24) is 14.5 Å². The van der Waals surface area contributed by atoms with E-state index in [-0.39, 0.29) is 13.3 Å². The van der Waals surface area contributed by atoms with Crippen LogP contribution in [0.3, 0.4) is 0 Å². The monoisotopic (exact) mass is 537 g/mol. The van der Waals surface area contributed by atoms with Crippen LogP contribution in [0.1, 0.15) is 32.6 Å². The predicted molar refractivity (Wildman–Crippen MR) is 132 cm³/mol. The van der Waals surface area contributed by atoms with E-state index in [9.17, 15) is 10.0 Å². The molecule has 1 aromatic carbocycles. The highest BCUT2D eigenvalue weighted by Gasteiger charge is 2.45. The largest absolute Gasteiger partial charge is 0.622 e. The summed E-state index contributed by atoms with van der Waals surface area (Å²) in [6.45, 7) is 3.50. The van der Waals surface area contributed by atoms with Crippen LogP contribution in [0.5, 0.6) is 11.5 Å². The van der Waals surface area contributed by atoms with Crippen molar-refractivity contribution in [2.75, 3.05) is 33.0 Å². The second-order valence-electron chi connectivity index (χ2n) is 7.68. The predicted octanol–water partition coefficient (Wildman–Crippen LogP) is 4.52. The Morgan fingerprint density at radius 3 is 2.88 bits per heavy atom. The van der Waals surface area contributed by atoms with Crippen molar-refractivity contribution in [3.05, 3.63) is 39.5 Å². The van der Waals surface area contributed by atoms with Crippen LogP contribution in [-0.2, 0) is 9.53 Å². The number of terminal acetylenes is 1. The molecular weight excluding hydrogens is 510 g/mol. The molecule has 0 radical (unpaired) electrons. The lowest BCUT2D eigenvalue weighted by Crippen LogP contribution is -2.51. The third-order valence-corrected chi connectivity index (χ3v) is 6.66. The number of carbonyl (C=O) groups is 1. The Morgan fingerprint density at radius 2 is 2.18 bits per heavy atom. The maximum Gasteiger partial charge on any atom is 0.348 e. The third-order valence-electron chi connectivity index (χ3n) is 5.07. The number of hydrogen-bond donors (Lipinski definition) is 0. The first-order valence-electron chi connectivity index (χ1n) is 10.9. The Bertz CT molecular complexity index is 966. The first-order chi connectivity index (χ1) is 15.9. The number of thiazole rings is 1. The molecule has 2 aromatic rings. The van der Waals surface area contributed by atoms with Crippen LogP contribution in [0, 0.1) is 17.6 Å². The van der Waals surface area contributed by atoms with Gasteiger partial charge in [-0.25, -0.2) is 9.69 Å². The van der Waals surface area contributed by atoms with Gasteiger partial charge in [0.15, 0.2) is 6.61 Å². The lowest BCUT2D eigenvalue weighted by molar-refractivity contribution is -0.155. The Kier molecular flexibility index (Phi) is 9.52. The molecule has 2 heterocycles. The van der Waals surface area contributed by atoms with E-state index in [1.165, 1.54) is 11.3 Å². The Labute approximate surface area is 206 Å². The minimum absolute atomic E-state index is 0.139. The fourth-order valence-electron chi connectivity index (χ4n) is 3.41. The van der Waals surface area contributed by atoms with Crippen molar-refractivity contribution in [3.63, 3.8) is 0 Å². The van der Waals surface area contributed by atoms with Crippen molar-refractivity contribution in [2.24, 2.45) is 0 Å². The zero-order chi connectivity index (χ0) is 23.7. The van der Waals surface area contributed by atoms with Gasteiger partial charge in [0.05, 0.1) is 23.1 Å². The van der Waals surface area contributed by atoms with E-state index in [1.807, 2.05) is 11.0 Å². The summed E-state index contributed by atoms with van der Waals surface area (Å²) in [5, 5.41) is 14.0. The van der Waals surface area contributed by atoms with Gasteiger partial charge in [-0.15, -0.1) is 12.3 Å². The standard InChI is InChI=1S/C23H28BrN3O5S/c1-3-5-7-11-26-15-21(27(29,17-26)23-25-14-20(24)33-23)32-22(28)16-31-19-10-8-9-18(13-19)30-12-6-4-2/h1,8-10,13-14,21H,4-7,11-12,15-17H2,2H3. The van der Waals surface area contributed by atoms with E-state index in [4.69, 9.17) is 20.6 Å². The topological polar surface area (TPSA) is 84.0 Å². The molecule has 1 fully saturated rings. The van der Waals surface area contributed by atoms with Crippen molar-refractivity contribution in [1.29, 1.82) is 0 Å². The number of carbonyl (C=O) groups excluding carboxylic acids is 1. The van der Waals surface area contributed by atoms with Crippen LogP contribution in [0.25, 0.3) is 0 Å². The van der Waals surface area contributed by atoms with E-state index in [0.29, 0.717) is 42.7 Å². The molecule has 178 valence electrons. The smallest absolute Gasteiger partial charge is 0.348 e. The third kappa shape index (κ3) is 7.16. The van der Waals surface area contributed by atoms with E-state index < -0.39 is 16.8 Å². The fourth-order valence-corrected chi connectivity index (χ4v) is 4.66. The second kappa shape index (κ2) is 12.3. The van der Waals surface area contributed by atoms with Gasteiger partial charge in [0.25, 0.3) is 11.4 Å². The highest BCUT2D eigenvalue weighted by molar-refractivity contribution is 9.11. The van der Waals surface area contributed by atoms with Gasteiger partial charge >= 0.3 is 5.97 Å². The lowest BCUT2D eigenvalue weighted by Gasteiger charge is -2.38. The van der Waals surface area contributed by atoms with E-state index in [0.717, 1.165) is 23.0 Å². The molecule has 0 saturated carbocycles. The van der Waals surface area contributed by atoms with Crippen molar-refractivity contribution < 1.29 is 19.0 Å². The van der Waals surface area contributed by atoms with Gasteiger partial charge in [0, 0.05) is 19.0 Å². The quantitative estimate of drug-likeness (QED) is 0.129. The maximum absolute atomic E-state index is 13.7. The maximum atomic E-state index is 13.7. The number of ether oxygens (including phenoxy) is 3. The number of benzene rings is 1. The van der Waals surface area contributed by atoms with Crippen LogP contribution >= 0.6 is 27.3 Å². The number of unbranched alkanes of at least 4 members (excludes halogenated alkanes) is 2. The number of quaternary nitrogens is 1. The van der Waals surface area contributed by atoms with Gasteiger partial charge in [0.1, 0.15) is 18.2 Å². The molecular formula is C23H28BrN3O5S. The molecule has 1 saturated heterocycles. The van der Waals surface area contributed by atoms with Crippen LogP contribution in [0.15, 0.2) is 34.2 Å². The molecule has 1 aliphatic rings. The highest BCUT2D eigenvalue weighted by atomic mass is 79.9. The highest BCUT2D eigenvalue weighted by Crippen LogP contribution is 2.37. The molecule has 3 rings (SSSR count). The van der Waals surface area contributed by atoms with Gasteiger partial charge in [-0.2, -0.15) is 4.98 Å². The fraction of sp³-hybridized carbons (Fsp3) is 0.478. The molecule has 1 aliphatic heterocycles. The summed E-state index contributed by atoms with van der Waals surface area (Å²) in [6, 6.07) is 7.10. The lowest BCUT2D eigenvalue weighted by atomic mass is 10.3. The minimum atomic E-state index is -0.936. The number of hydrogen-bond acceptors (Lipinski definition) is 8. The zero-order valence-electron chi connectivity index (χ0n) is 18.6. The first-order valence-corrected chi connectivity index (χ1v) is 12.5. The van der Waals surface area contributed by atoms with Crippen LogP contribution in [-0.4, -0.2) is 55.1 Å². The average molecular weight is 538 g/mol. The Balaban J connectivity index is 1.60. The summed E-state index contributed by atoms with van der Waals surface area (Å²) < 4.78 is 16.7. The molecule has 10 heteroatoms. The molecule has 33 heavy (non-hydrogen) atoms. The molecule has 0 bridgehead atoms. The molecule has 0 amide bonds. The van der Waals surface area contributed by atoms with E-state index in [2.05, 4.69) is 33.8 Å². The van der Waals surface area contributed by atoms with E-state index in [1.54, 1.807) is 24.4 Å². The Hall–Kier alpha value is -2.16. The van der Waals surface area contributed by atoms with Crippen LogP contribution < -0.4 is 14.1 Å². The van der Waals surface area contributed by atoms with Gasteiger partial charge < -0.3 is 19.4 Å². The number of nitrogens with zero attached hydrogens (tertiary/aromatic N) is 3. The zero-order valence-corrected chi connectivity index (χ0v) is 21.0. The summed E-state index contributed by atoms with van der Waals surface area (Å²) in [4.78, 5) is 18.7. The number of hydroxylamine groups is 2. The number of halogens is 1. The van der Waals surface area contributed by atoms with Gasteiger partial charge in [0.2, 0.25) is 0 Å². The molecule has 0 aliphatic carbocycles. The molecule has 0 spiro atoms. The number of esters is 1. The summed E-state index contributed by atoms with van der Waals surface area (Å²) >= 11 is 4.58. The van der Waals surface area contributed by atoms with Crippen molar-refractivity contribution in [2.45, 2.75) is 38.8 Å². The normalized spacial score (nSPS) is 20.4. The van der Waals surface area contributed by atoms with Crippen LogP contribution in [0.2, 0.25) is 0 Å². The molecule has 2 unspecified atom stereocenters.